The molecule has 1 amide bonds. The van der Waals surface area contributed by atoms with Crippen molar-refractivity contribution in [3.63, 3.8) is 0 Å². The highest BCUT2D eigenvalue weighted by molar-refractivity contribution is 5.76. The number of carboxylic acids is 1. The van der Waals surface area contributed by atoms with Gasteiger partial charge in [0, 0.05) is 37.9 Å². The predicted octanol–water partition coefficient (Wildman–Crippen LogP) is 4.79. The van der Waals surface area contributed by atoms with E-state index in [9.17, 15) is 19.5 Å². The van der Waals surface area contributed by atoms with Crippen LogP contribution in [0.15, 0.2) is 48.5 Å². The number of benzene rings is 2. The number of hydrogen-bond donors (Lipinski definition) is 3. The molecule has 44 heavy (non-hydrogen) atoms. The number of hydrogen-bond acceptors (Lipinski definition) is 8. The van der Waals surface area contributed by atoms with E-state index >= 15 is 0 Å². The first-order valence-corrected chi connectivity index (χ1v) is 15.6. The van der Waals surface area contributed by atoms with Crippen LogP contribution in [0.2, 0.25) is 0 Å². The first kappa shape index (κ1) is 33.6. The molecule has 0 bridgehead atoms. The predicted molar refractivity (Wildman–Crippen MR) is 163 cm³/mol. The second kappa shape index (κ2) is 15.6. The minimum Gasteiger partial charge on any atom is -0.481 e. The van der Waals surface area contributed by atoms with Crippen LogP contribution in [0.5, 0.6) is 0 Å². The van der Waals surface area contributed by atoms with Gasteiger partial charge in [0.2, 0.25) is 5.91 Å². The van der Waals surface area contributed by atoms with E-state index in [0.717, 1.165) is 41.6 Å². The molecule has 0 radical (unpaired) electrons. The third-order valence-corrected chi connectivity index (χ3v) is 7.88. The number of carbonyl (C=O) groups is 3. The monoisotopic (exact) mass is 610 g/mol. The number of ether oxygens (including phenoxy) is 3. The summed E-state index contributed by atoms with van der Waals surface area (Å²) in [5.74, 6) is -1.16. The molecule has 2 fully saturated rings. The first-order chi connectivity index (χ1) is 21.0. The molecular weight excluding hydrogens is 564 g/mol. The van der Waals surface area contributed by atoms with Crippen molar-refractivity contribution in [1.29, 1.82) is 0 Å². The normalized spacial score (nSPS) is 22.5. The number of amides is 1. The molecular formula is C34H46N2O8. The molecule has 4 rings (SSSR count). The second-order valence-electron chi connectivity index (χ2n) is 12.7. The van der Waals surface area contributed by atoms with Crippen molar-refractivity contribution in [3.8, 4) is 0 Å². The molecule has 0 aromatic heterocycles. The average Bonchev–Trinajstić information content (AvgIpc) is 3.46. The molecule has 0 spiro atoms. The Morgan fingerprint density at radius 1 is 0.955 bits per heavy atom. The largest absolute Gasteiger partial charge is 0.481 e. The topological polar surface area (TPSA) is 135 Å². The van der Waals surface area contributed by atoms with Gasteiger partial charge in [0.15, 0.2) is 6.29 Å². The SMILES string of the molecule is CC(C)(C)OC(=O)[C@@H]1CCCN1C[C@H]1C[C@@H](c2ccc(CO)cc2)O[C@@H](c2ccc(CNC(=O)CCCCC(=O)O)cc2)O1. The van der Waals surface area contributed by atoms with Crippen LogP contribution in [-0.2, 0) is 41.7 Å². The van der Waals surface area contributed by atoms with Gasteiger partial charge in [-0.1, -0.05) is 48.5 Å². The summed E-state index contributed by atoms with van der Waals surface area (Å²) in [6.45, 7) is 7.36. The van der Waals surface area contributed by atoms with Gasteiger partial charge in [0.05, 0.1) is 18.8 Å². The Hall–Kier alpha value is -3.31. The Morgan fingerprint density at radius 3 is 2.27 bits per heavy atom. The van der Waals surface area contributed by atoms with E-state index in [2.05, 4.69) is 10.2 Å². The van der Waals surface area contributed by atoms with Crippen molar-refractivity contribution in [2.75, 3.05) is 13.1 Å². The molecule has 2 aromatic carbocycles. The van der Waals surface area contributed by atoms with Gasteiger partial charge < -0.3 is 29.7 Å². The summed E-state index contributed by atoms with van der Waals surface area (Å²) in [5.41, 5.74) is 3.05. The van der Waals surface area contributed by atoms with Crippen LogP contribution in [0.25, 0.3) is 0 Å². The van der Waals surface area contributed by atoms with E-state index < -0.39 is 17.9 Å². The van der Waals surface area contributed by atoms with E-state index in [4.69, 9.17) is 19.3 Å². The van der Waals surface area contributed by atoms with Gasteiger partial charge in [-0.2, -0.15) is 0 Å². The second-order valence-corrected chi connectivity index (χ2v) is 12.7. The quantitative estimate of drug-likeness (QED) is 0.216. The third kappa shape index (κ3) is 10.1. The zero-order valence-electron chi connectivity index (χ0n) is 26.0. The van der Waals surface area contributed by atoms with Crippen LogP contribution in [-0.4, -0.2) is 63.8 Å². The standard InChI is InChI=1S/C34H46N2O8/c1-34(2,3)44-32(41)28-7-6-18-36(28)21-27-19-29(25-14-12-24(22-37)13-15-25)43-33(42-27)26-16-10-23(11-17-26)20-35-30(38)8-4-5-9-31(39)40/h10-17,27-29,33,37H,4-9,18-22H2,1-3H3,(H,35,38)(H,39,40)/t27-,28+,29+,33+/m1/s1. The highest BCUT2D eigenvalue weighted by Crippen LogP contribution is 2.39. The van der Waals surface area contributed by atoms with Crippen LogP contribution in [0.4, 0.5) is 0 Å². The highest BCUT2D eigenvalue weighted by Gasteiger charge is 2.38. The lowest BCUT2D eigenvalue weighted by Crippen LogP contribution is -2.45. The number of aliphatic carboxylic acids is 1. The van der Waals surface area contributed by atoms with E-state index in [1.165, 1.54) is 0 Å². The lowest BCUT2D eigenvalue weighted by atomic mass is 9.99. The number of aliphatic hydroxyl groups excluding tert-OH is 1. The Balaban J connectivity index is 1.42. The maximum atomic E-state index is 13.0. The van der Waals surface area contributed by atoms with Crippen LogP contribution >= 0.6 is 0 Å². The van der Waals surface area contributed by atoms with E-state index in [0.29, 0.717) is 38.8 Å². The van der Waals surface area contributed by atoms with Gasteiger partial charge in [0.25, 0.3) is 0 Å². The number of nitrogens with zero attached hydrogens (tertiary/aromatic N) is 1. The van der Waals surface area contributed by atoms with Gasteiger partial charge in [-0.25, -0.2) is 0 Å². The number of carbonyl (C=O) groups excluding carboxylic acids is 2. The minimum absolute atomic E-state index is 0.0291. The van der Waals surface area contributed by atoms with Crippen molar-refractivity contribution in [2.45, 2.75) is 109 Å². The summed E-state index contributed by atoms with van der Waals surface area (Å²) in [5, 5.41) is 21.1. The third-order valence-electron chi connectivity index (χ3n) is 7.88. The minimum atomic E-state index is -0.852. The Labute approximate surface area is 259 Å². The van der Waals surface area contributed by atoms with Gasteiger partial charge in [-0.3, -0.25) is 19.3 Å². The molecule has 2 heterocycles. The molecule has 0 aliphatic carbocycles. The van der Waals surface area contributed by atoms with Crippen LogP contribution < -0.4 is 5.32 Å². The molecule has 2 saturated heterocycles. The van der Waals surface area contributed by atoms with Gasteiger partial charge in [-0.15, -0.1) is 0 Å². The fourth-order valence-electron chi connectivity index (χ4n) is 5.62. The molecule has 0 saturated carbocycles. The Kier molecular flexibility index (Phi) is 11.9. The van der Waals surface area contributed by atoms with Crippen molar-refractivity contribution in [3.05, 3.63) is 70.8 Å². The van der Waals surface area contributed by atoms with E-state index in [1.807, 2.05) is 69.3 Å². The summed E-state index contributed by atoms with van der Waals surface area (Å²) >= 11 is 0. The molecule has 3 N–H and O–H groups in total. The zero-order valence-corrected chi connectivity index (χ0v) is 26.0. The van der Waals surface area contributed by atoms with E-state index in [1.54, 1.807) is 0 Å². The van der Waals surface area contributed by atoms with Crippen molar-refractivity contribution < 1.29 is 38.8 Å². The number of nitrogens with one attached hydrogen (secondary N) is 1. The van der Waals surface area contributed by atoms with Crippen LogP contribution in [0.1, 0.15) is 100 Å². The number of rotatable bonds is 13. The molecule has 10 heteroatoms. The van der Waals surface area contributed by atoms with Crippen molar-refractivity contribution >= 4 is 17.8 Å². The summed E-state index contributed by atoms with van der Waals surface area (Å²) in [6, 6.07) is 15.2. The Bertz CT molecular complexity index is 1240. The molecule has 2 aromatic rings. The average molecular weight is 611 g/mol. The van der Waals surface area contributed by atoms with Crippen LogP contribution in [0, 0.1) is 0 Å². The summed E-state index contributed by atoms with van der Waals surface area (Å²) in [4.78, 5) is 37.9. The fraction of sp³-hybridized carbons (Fsp3) is 0.559. The number of likely N-dealkylation sites (tertiary alicyclic amines) is 1. The molecule has 4 atom stereocenters. The van der Waals surface area contributed by atoms with Gasteiger partial charge in [0.1, 0.15) is 11.6 Å². The summed E-state index contributed by atoms with van der Waals surface area (Å²) in [7, 11) is 0. The maximum Gasteiger partial charge on any atom is 0.323 e. The maximum absolute atomic E-state index is 13.0. The van der Waals surface area contributed by atoms with Crippen molar-refractivity contribution in [1.82, 2.24) is 10.2 Å². The molecule has 2 aliphatic heterocycles. The van der Waals surface area contributed by atoms with E-state index in [-0.39, 0.29) is 43.2 Å². The highest BCUT2D eigenvalue weighted by atomic mass is 16.7. The lowest BCUT2D eigenvalue weighted by Gasteiger charge is -2.38. The Morgan fingerprint density at radius 2 is 1.61 bits per heavy atom. The molecule has 240 valence electrons. The number of unbranched alkanes of at least 4 members (excludes halogenated alkanes) is 1. The summed E-state index contributed by atoms with van der Waals surface area (Å²) in [6.07, 6.45) is 2.60. The number of carboxylic acid groups (broad SMARTS) is 1. The van der Waals surface area contributed by atoms with Gasteiger partial charge >= 0.3 is 11.9 Å². The van der Waals surface area contributed by atoms with Crippen molar-refractivity contribution in [2.24, 2.45) is 0 Å². The fourth-order valence-corrected chi connectivity index (χ4v) is 5.62. The lowest BCUT2D eigenvalue weighted by molar-refractivity contribution is -0.253. The number of aliphatic hydroxyl groups is 1. The zero-order chi connectivity index (χ0) is 31.7. The number of esters is 1. The molecule has 10 nitrogen and oxygen atoms in total. The smallest absolute Gasteiger partial charge is 0.323 e. The first-order valence-electron chi connectivity index (χ1n) is 15.6. The van der Waals surface area contributed by atoms with Crippen LogP contribution in [0.3, 0.4) is 0 Å². The summed E-state index contributed by atoms with van der Waals surface area (Å²) < 4.78 is 18.7. The van der Waals surface area contributed by atoms with Gasteiger partial charge in [-0.05, 0) is 69.7 Å². The molecule has 2 aliphatic rings. The molecule has 0 unspecified atom stereocenters.